The molecular weight excluding hydrogens is 180 g/mol. The van der Waals surface area contributed by atoms with Crippen molar-refractivity contribution in [2.24, 2.45) is 5.84 Å². The Hall–Kier alpha value is -1.55. The van der Waals surface area contributed by atoms with Crippen LogP contribution in [0.2, 0.25) is 0 Å². The minimum atomic E-state index is -0.773. The molecular formula is C10H12N2O2. The van der Waals surface area contributed by atoms with Gasteiger partial charge in [0.15, 0.2) is 0 Å². The molecule has 0 spiro atoms. The van der Waals surface area contributed by atoms with Gasteiger partial charge in [-0.3, -0.25) is 4.79 Å². The van der Waals surface area contributed by atoms with Crippen molar-refractivity contribution in [3.8, 4) is 0 Å². The normalized spacial score (nSPS) is 20.4. The van der Waals surface area contributed by atoms with Crippen molar-refractivity contribution in [2.45, 2.75) is 12.3 Å². The number of carbonyl (C=O) groups is 1. The molecule has 0 bridgehead atoms. The van der Waals surface area contributed by atoms with E-state index in [1.807, 2.05) is 24.3 Å². The predicted molar refractivity (Wildman–Crippen MR) is 53.0 cm³/mol. The number of hydrogen-bond acceptors (Lipinski definition) is 3. The summed E-state index contributed by atoms with van der Waals surface area (Å²) in [6, 6.07) is 7.38. The summed E-state index contributed by atoms with van der Waals surface area (Å²) in [5.41, 5.74) is 1.64. The minimum absolute atomic E-state index is 0.411. The van der Waals surface area contributed by atoms with Gasteiger partial charge in [-0.2, -0.15) is 0 Å². The molecule has 4 nitrogen and oxygen atoms in total. The van der Waals surface area contributed by atoms with Crippen molar-refractivity contribution in [2.75, 3.05) is 11.6 Å². The van der Waals surface area contributed by atoms with E-state index in [2.05, 4.69) is 0 Å². The standard InChI is InChI=1S/C10H12N2O2/c11-12-6-5-8(10(13)14)7-3-1-2-4-9(7)12/h1-4,8H,5-6,11H2,(H,13,14). The van der Waals surface area contributed by atoms with Crippen molar-refractivity contribution >= 4 is 11.7 Å². The smallest absolute Gasteiger partial charge is 0.311 e. The number of carboxylic acid groups (broad SMARTS) is 1. The van der Waals surface area contributed by atoms with E-state index in [4.69, 9.17) is 10.9 Å². The summed E-state index contributed by atoms with van der Waals surface area (Å²) in [6.07, 6.45) is 0.572. The van der Waals surface area contributed by atoms with Crippen LogP contribution in [0.4, 0.5) is 5.69 Å². The van der Waals surface area contributed by atoms with E-state index >= 15 is 0 Å². The van der Waals surface area contributed by atoms with E-state index in [1.165, 1.54) is 0 Å². The molecule has 14 heavy (non-hydrogen) atoms. The zero-order chi connectivity index (χ0) is 10.1. The number of hydrogen-bond donors (Lipinski definition) is 2. The number of benzene rings is 1. The van der Waals surface area contributed by atoms with Crippen molar-refractivity contribution in [3.63, 3.8) is 0 Å². The summed E-state index contributed by atoms with van der Waals surface area (Å²) in [7, 11) is 0. The van der Waals surface area contributed by atoms with Gasteiger partial charge in [0.25, 0.3) is 0 Å². The van der Waals surface area contributed by atoms with Gasteiger partial charge in [-0.15, -0.1) is 0 Å². The molecule has 1 aliphatic heterocycles. The molecule has 0 radical (unpaired) electrons. The van der Waals surface area contributed by atoms with Crippen molar-refractivity contribution < 1.29 is 9.90 Å². The van der Waals surface area contributed by atoms with Crippen LogP contribution in [0.15, 0.2) is 24.3 Å². The molecule has 0 amide bonds. The summed E-state index contributed by atoms with van der Waals surface area (Å²) in [4.78, 5) is 11.0. The Morgan fingerprint density at radius 2 is 2.21 bits per heavy atom. The Morgan fingerprint density at radius 3 is 2.93 bits per heavy atom. The number of nitrogens with two attached hydrogens (primary N) is 1. The third-order valence-electron chi connectivity index (χ3n) is 2.58. The fourth-order valence-corrected chi connectivity index (χ4v) is 1.84. The lowest BCUT2D eigenvalue weighted by atomic mass is 9.91. The molecule has 0 aliphatic carbocycles. The number of hydrazine groups is 1. The summed E-state index contributed by atoms with van der Waals surface area (Å²) >= 11 is 0. The summed E-state index contributed by atoms with van der Waals surface area (Å²) < 4.78 is 0. The van der Waals surface area contributed by atoms with Crippen LogP contribution in [0.25, 0.3) is 0 Å². The topological polar surface area (TPSA) is 66.6 Å². The van der Waals surface area contributed by atoms with Crippen LogP contribution < -0.4 is 10.9 Å². The maximum Gasteiger partial charge on any atom is 0.311 e. The molecule has 0 aromatic heterocycles. The SMILES string of the molecule is NN1CCC(C(=O)O)c2ccccc21. The molecule has 3 N–H and O–H groups in total. The molecule has 1 aliphatic rings. The van der Waals surface area contributed by atoms with E-state index in [-0.39, 0.29) is 0 Å². The lowest BCUT2D eigenvalue weighted by molar-refractivity contribution is -0.139. The second-order valence-electron chi connectivity index (χ2n) is 3.43. The number of nitrogens with zero attached hydrogens (tertiary/aromatic N) is 1. The second-order valence-corrected chi connectivity index (χ2v) is 3.43. The maximum absolute atomic E-state index is 11.0. The highest BCUT2D eigenvalue weighted by atomic mass is 16.4. The first kappa shape index (κ1) is 9.02. The Bertz CT molecular complexity index is 365. The molecule has 0 fully saturated rings. The number of para-hydroxylation sites is 1. The summed E-state index contributed by atoms with van der Waals surface area (Å²) in [6.45, 7) is 0.591. The van der Waals surface area contributed by atoms with Gasteiger partial charge in [-0.05, 0) is 18.1 Å². The fraction of sp³-hybridized carbons (Fsp3) is 0.300. The molecule has 0 saturated heterocycles. The van der Waals surface area contributed by atoms with E-state index in [0.717, 1.165) is 11.3 Å². The largest absolute Gasteiger partial charge is 0.481 e. The number of carboxylic acids is 1. The molecule has 4 heteroatoms. The summed E-state index contributed by atoms with van der Waals surface area (Å²) in [5, 5.41) is 10.6. The van der Waals surface area contributed by atoms with E-state index in [9.17, 15) is 4.79 Å². The zero-order valence-electron chi connectivity index (χ0n) is 7.68. The quantitative estimate of drug-likeness (QED) is 0.650. The fourth-order valence-electron chi connectivity index (χ4n) is 1.84. The molecule has 1 aromatic carbocycles. The first-order chi connectivity index (χ1) is 6.70. The van der Waals surface area contributed by atoms with Gasteiger partial charge < -0.3 is 10.1 Å². The first-order valence-corrected chi connectivity index (χ1v) is 4.54. The number of rotatable bonds is 1. The highest BCUT2D eigenvalue weighted by Crippen LogP contribution is 2.33. The van der Waals surface area contributed by atoms with Crippen LogP contribution in [0.3, 0.4) is 0 Å². The highest BCUT2D eigenvalue weighted by Gasteiger charge is 2.28. The van der Waals surface area contributed by atoms with Crippen LogP contribution in [0.1, 0.15) is 17.9 Å². The molecule has 1 heterocycles. The Labute approximate surface area is 81.9 Å². The van der Waals surface area contributed by atoms with E-state index < -0.39 is 11.9 Å². The van der Waals surface area contributed by atoms with Crippen molar-refractivity contribution in [1.29, 1.82) is 0 Å². The van der Waals surface area contributed by atoms with Gasteiger partial charge in [0.05, 0.1) is 11.6 Å². The predicted octanol–water partition coefficient (Wildman–Crippen LogP) is 0.939. The monoisotopic (exact) mass is 192 g/mol. The average molecular weight is 192 g/mol. The second kappa shape index (κ2) is 3.31. The number of aliphatic carboxylic acids is 1. The Kier molecular flexibility index (Phi) is 2.13. The third kappa shape index (κ3) is 1.33. The average Bonchev–Trinajstić information content (AvgIpc) is 2.18. The Balaban J connectivity index is 2.46. The van der Waals surface area contributed by atoms with Gasteiger partial charge in [0.2, 0.25) is 0 Å². The van der Waals surface area contributed by atoms with Gasteiger partial charge in [-0.1, -0.05) is 18.2 Å². The lowest BCUT2D eigenvalue weighted by Crippen LogP contribution is -2.38. The molecule has 1 atom stereocenters. The molecule has 1 aromatic rings. The molecule has 0 saturated carbocycles. The van der Waals surface area contributed by atoms with E-state index in [1.54, 1.807) is 5.01 Å². The van der Waals surface area contributed by atoms with Crippen LogP contribution in [0, 0.1) is 0 Å². The number of fused-ring (bicyclic) bond motifs is 1. The number of anilines is 1. The van der Waals surface area contributed by atoms with Gasteiger partial charge in [0, 0.05) is 6.54 Å². The zero-order valence-corrected chi connectivity index (χ0v) is 7.68. The van der Waals surface area contributed by atoms with Gasteiger partial charge in [-0.25, -0.2) is 5.84 Å². The van der Waals surface area contributed by atoms with Crippen molar-refractivity contribution in [3.05, 3.63) is 29.8 Å². The summed E-state index contributed by atoms with van der Waals surface area (Å²) in [5.74, 6) is 4.57. The van der Waals surface area contributed by atoms with Crippen LogP contribution in [-0.4, -0.2) is 17.6 Å². The van der Waals surface area contributed by atoms with Crippen molar-refractivity contribution in [1.82, 2.24) is 0 Å². The minimum Gasteiger partial charge on any atom is -0.481 e. The van der Waals surface area contributed by atoms with Crippen LogP contribution >= 0.6 is 0 Å². The maximum atomic E-state index is 11.0. The third-order valence-corrected chi connectivity index (χ3v) is 2.58. The highest BCUT2D eigenvalue weighted by molar-refractivity contribution is 5.80. The molecule has 2 rings (SSSR count). The van der Waals surface area contributed by atoms with Gasteiger partial charge >= 0.3 is 5.97 Å². The lowest BCUT2D eigenvalue weighted by Gasteiger charge is -2.30. The van der Waals surface area contributed by atoms with Gasteiger partial charge in [0.1, 0.15) is 0 Å². The van der Waals surface area contributed by atoms with E-state index in [0.29, 0.717) is 13.0 Å². The molecule has 74 valence electrons. The van der Waals surface area contributed by atoms with Crippen LogP contribution in [-0.2, 0) is 4.79 Å². The van der Waals surface area contributed by atoms with Crippen LogP contribution in [0.5, 0.6) is 0 Å². The Morgan fingerprint density at radius 1 is 1.50 bits per heavy atom. The molecule has 1 unspecified atom stereocenters. The first-order valence-electron chi connectivity index (χ1n) is 4.54.